The van der Waals surface area contributed by atoms with Gasteiger partial charge in [-0.2, -0.15) is 0 Å². The fraction of sp³-hybridized carbons (Fsp3) is 0.636. The van der Waals surface area contributed by atoms with E-state index in [-0.39, 0.29) is 29.4 Å². The van der Waals surface area contributed by atoms with Crippen LogP contribution in [-0.4, -0.2) is 42.5 Å². The number of anilines is 2. The number of nitrogens with zero attached hydrogens (tertiary/aromatic N) is 2. The highest BCUT2D eigenvalue weighted by Gasteiger charge is 2.24. The summed E-state index contributed by atoms with van der Waals surface area (Å²) in [6.45, 7) is 14.3. The maximum atomic E-state index is 12.9. The van der Waals surface area contributed by atoms with Crippen LogP contribution in [0.25, 0.3) is 0 Å². The molecule has 0 heterocycles. The van der Waals surface area contributed by atoms with Gasteiger partial charge in [-0.05, 0) is 57.9 Å². The van der Waals surface area contributed by atoms with E-state index >= 15 is 0 Å². The van der Waals surface area contributed by atoms with Crippen LogP contribution < -0.4 is 15.5 Å². The lowest BCUT2D eigenvalue weighted by Gasteiger charge is -2.33. The van der Waals surface area contributed by atoms with Crippen molar-refractivity contribution in [2.75, 3.05) is 24.3 Å². The molecule has 158 valence electrons. The largest absolute Gasteiger partial charge is 0.377 e. The minimum absolute atomic E-state index is 0.0205. The van der Waals surface area contributed by atoms with E-state index in [0.717, 1.165) is 23.4 Å². The topological polar surface area (TPSA) is 64.7 Å². The van der Waals surface area contributed by atoms with Gasteiger partial charge in [-0.3, -0.25) is 4.79 Å². The second-order valence-corrected chi connectivity index (χ2v) is 8.95. The van der Waals surface area contributed by atoms with E-state index in [1.165, 1.54) is 0 Å². The van der Waals surface area contributed by atoms with Crippen LogP contribution in [0.1, 0.15) is 60.5 Å². The number of nitrogens with one attached hydrogen (secondary N) is 2. The molecule has 1 aromatic rings. The molecule has 2 N–H and O–H groups in total. The first-order chi connectivity index (χ1) is 12.9. The molecule has 0 spiro atoms. The molecule has 6 nitrogen and oxygen atoms in total. The van der Waals surface area contributed by atoms with Gasteiger partial charge in [0.05, 0.1) is 0 Å². The maximum absolute atomic E-state index is 12.9. The molecular formula is C22H38N4O2. The highest BCUT2D eigenvalue weighted by Crippen LogP contribution is 2.26. The Morgan fingerprint density at radius 2 is 1.71 bits per heavy atom. The van der Waals surface area contributed by atoms with Gasteiger partial charge in [0.1, 0.15) is 0 Å². The maximum Gasteiger partial charge on any atom is 0.318 e. The second-order valence-electron chi connectivity index (χ2n) is 8.95. The number of carbonyl (C=O) groups is 2. The number of benzene rings is 1. The van der Waals surface area contributed by atoms with Crippen molar-refractivity contribution in [3.63, 3.8) is 0 Å². The first-order valence-electron chi connectivity index (χ1n) is 10.1. The lowest BCUT2D eigenvalue weighted by molar-refractivity contribution is -0.118. The Morgan fingerprint density at radius 3 is 2.18 bits per heavy atom. The number of hydrogen-bond donors (Lipinski definition) is 2. The molecule has 0 bridgehead atoms. The zero-order chi connectivity index (χ0) is 21.6. The molecule has 0 fully saturated rings. The van der Waals surface area contributed by atoms with Gasteiger partial charge in [0.25, 0.3) is 0 Å². The summed E-state index contributed by atoms with van der Waals surface area (Å²) >= 11 is 0. The van der Waals surface area contributed by atoms with E-state index in [1.54, 1.807) is 0 Å². The van der Waals surface area contributed by atoms with Crippen LogP contribution in [0.2, 0.25) is 0 Å². The van der Waals surface area contributed by atoms with E-state index in [2.05, 4.69) is 24.5 Å². The molecule has 0 saturated carbocycles. The van der Waals surface area contributed by atoms with E-state index in [0.29, 0.717) is 6.54 Å². The van der Waals surface area contributed by atoms with E-state index in [4.69, 9.17) is 0 Å². The molecule has 0 aliphatic carbocycles. The van der Waals surface area contributed by atoms with Crippen molar-refractivity contribution in [2.45, 2.75) is 73.0 Å². The summed E-state index contributed by atoms with van der Waals surface area (Å²) in [4.78, 5) is 28.9. The summed E-state index contributed by atoms with van der Waals surface area (Å²) in [5, 5.41) is 6.02. The number of amides is 3. The Kier molecular flexibility index (Phi) is 8.33. The first kappa shape index (κ1) is 23.8. The molecule has 0 aromatic heterocycles. The number of urea groups is 1. The standard InChI is InChI=1S/C22H38N4O2/c1-10-16(4)26(21(28)24-22(5,6)7)14-17-13-18(23-20(27)15(2)3)11-12-19(17)25(8)9/h11-13,15-16H,10,14H2,1-9H3,(H,23,27)(H,24,28). The Bertz CT molecular complexity index is 678. The number of rotatable bonds is 7. The molecule has 1 aromatic carbocycles. The summed E-state index contributed by atoms with van der Waals surface area (Å²) in [5.74, 6) is -0.112. The molecule has 1 rings (SSSR count). The summed E-state index contributed by atoms with van der Waals surface area (Å²) in [7, 11) is 3.96. The third kappa shape index (κ3) is 7.06. The Morgan fingerprint density at radius 1 is 1.11 bits per heavy atom. The molecule has 0 radical (unpaired) electrons. The minimum atomic E-state index is -0.305. The van der Waals surface area contributed by atoms with Crippen molar-refractivity contribution in [2.24, 2.45) is 5.92 Å². The van der Waals surface area contributed by atoms with Gasteiger partial charge in [0, 0.05) is 49.5 Å². The Balaban J connectivity index is 3.24. The van der Waals surface area contributed by atoms with Gasteiger partial charge >= 0.3 is 6.03 Å². The van der Waals surface area contributed by atoms with Gasteiger partial charge < -0.3 is 20.4 Å². The van der Waals surface area contributed by atoms with Gasteiger partial charge in [-0.25, -0.2) is 4.79 Å². The van der Waals surface area contributed by atoms with Crippen LogP contribution in [0.15, 0.2) is 18.2 Å². The zero-order valence-electron chi connectivity index (χ0n) is 19.0. The lowest BCUT2D eigenvalue weighted by atomic mass is 10.1. The Labute approximate surface area is 170 Å². The van der Waals surface area contributed by atoms with Gasteiger partial charge in [0.15, 0.2) is 0 Å². The lowest BCUT2D eigenvalue weighted by Crippen LogP contribution is -2.51. The van der Waals surface area contributed by atoms with Crippen molar-refractivity contribution in [3.05, 3.63) is 23.8 Å². The van der Waals surface area contributed by atoms with Crippen molar-refractivity contribution >= 4 is 23.3 Å². The third-order valence-electron chi connectivity index (χ3n) is 4.56. The first-order valence-corrected chi connectivity index (χ1v) is 10.1. The highest BCUT2D eigenvalue weighted by molar-refractivity contribution is 5.92. The van der Waals surface area contributed by atoms with E-state index in [9.17, 15) is 9.59 Å². The van der Waals surface area contributed by atoms with Crippen molar-refractivity contribution < 1.29 is 9.59 Å². The predicted molar refractivity (Wildman–Crippen MR) is 118 cm³/mol. The van der Waals surface area contributed by atoms with Gasteiger partial charge in [-0.1, -0.05) is 20.8 Å². The van der Waals surface area contributed by atoms with Crippen LogP contribution in [-0.2, 0) is 11.3 Å². The molecule has 6 heteroatoms. The molecule has 1 atom stereocenters. The normalized spacial score (nSPS) is 12.5. The molecular weight excluding hydrogens is 352 g/mol. The zero-order valence-corrected chi connectivity index (χ0v) is 19.0. The number of carbonyl (C=O) groups excluding carboxylic acids is 2. The fourth-order valence-electron chi connectivity index (χ4n) is 2.74. The fourth-order valence-corrected chi connectivity index (χ4v) is 2.74. The molecule has 3 amide bonds. The van der Waals surface area contributed by atoms with Crippen LogP contribution in [0.5, 0.6) is 0 Å². The average molecular weight is 391 g/mol. The molecule has 1 unspecified atom stereocenters. The van der Waals surface area contributed by atoms with Crippen LogP contribution in [0, 0.1) is 5.92 Å². The SMILES string of the molecule is CCC(C)N(Cc1cc(NC(=O)C(C)C)ccc1N(C)C)C(=O)NC(C)(C)C. The Hall–Kier alpha value is -2.24. The molecule has 0 saturated heterocycles. The monoisotopic (exact) mass is 390 g/mol. The van der Waals surface area contributed by atoms with Crippen molar-refractivity contribution in [1.29, 1.82) is 0 Å². The summed E-state index contributed by atoms with van der Waals surface area (Å²) in [5.41, 5.74) is 2.47. The average Bonchev–Trinajstić information content (AvgIpc) is 2.57. The summed E-state index contributed by atoms with van der Waals surface area (Å²) in [6, 6.07) is 5.87. The van der Waals surface area contributed by atoms with Crippen LogP contribution in [0.3, 0.4) is 0 Å². The smallest absolute Gasteiger partial charge is 0.318 e. The van der Waals surface area contributed by atoms with E-state index in [1.807, 2.05) is 76.7 Å². The van der Waals surface area contributed by atoms with Crippen molar-refractivity contribution in [1.82, 2.24) is 10.2 Å². The van der Waals surface area contributed by atoms with Crippen LogP contribution >= 0.6 is 0 Å². The number of hydrogen-bond acceptors (Lipinski definition) is 3. The summed E-state index contributed by atoms with van der Waals surface area (Å²) in [6.07, 6.45) is 0.860. The quantitative estimate of drug-likeness (QED) is 0.723. The van der Waals surface area contributed by atoms with Crippen LogP contribution in [0.4, 0.5) is 16.2 Å². The third-order valence-corrected chi connectivity index (χ3v) is 4.56. The predicted octanol–water partition coefficient (Wildman–Crippen LogP) is 4.46. The molecule has 0 aliphatic heterocycles. The molecule has 28 heavy (non-hydrogen) atoms. The van der Waals surface area contributed by atoms with Gasteiger partial charge in [0.2, 0.25) is 5.91 Å². The second kappa shape index (κ2) is 9.80. The molecule has 0 aliphatic rings. The highest BCUT2D eigenvalue weighted by atomic mass is 16.2. The summed E-state index contributed by atoms with van der Waals surface area (Å²) < 4.78 is 0. The van der Waals surface area contributed by atoms with E-state index < -0.39 is 0 Å². The van der Waals surface area contributed by atoms with Gasteiger partial charge in [-0.15, -0.1) is 0 Å². The van der Waals surface area contributed by atoms with Crippen molar-refractivity contribution in [3.8, 4) is 0 Å². The minimum Gasteiger partial charge on any atom is -0.377 e.